The normalized spacial score (nSPS) is 15.9. The van der Waals surface area contributed by atoms with Gasteiger partial charge in [0.25, 0.3) is 5.70 Å². The van der Waals surface area contributed by atoms with Crippen molar-refractivity contribution >= 4 is 17.7 Å². The van der Waals surface area contributed by atoms with Gasteiger partial charge in [-0.3, -0.25) is 4.79 Å². The van der Waals surface area contributed by atoms with Gasteiger partial charge in [0.1, 0.15) is 11.5 Å². The lowest BCUT2D eigenvalue weighted by molar-refractivity contribution is -0.132. The van der Waals surface area contributed by atoms with Crippen LogP contribution in [0.15, 0.2) is 65.3 Å². The standard InChI is InChI=1S/C19H18N2O3/c1-13-11-15(18(20-2)19(22)23)12-17(24-13)10-7-14-5-8-16(9-6-14)21(3)4/h5-12H,1,3-4H3,(H,22,23). The molecule has 0 radical (unpaired) electrons. The van der Waals surface area contributed by atoms with E-state index >= 15 is 0 Å². The van der Waals surface area contributed by atoms with E-state index in [-0.39, 0.29) is 5.70 Å². The average molecular weight is 322 g/mol. The van der Waals surface area contributed by atoms with Crippen LogP contribution in [0.4, 0.5) is 5.69 Å². The summed E-state index contributed by atoms with van der Waals surface area (Å²) < 4.78 is 5.57. The van der Waals surface area contributed by atoms with Gasteiger partial charge in [0.15, 0.2) is 0 Å². The van der Waals surface area contributed by atoms with Crippen molar-refractivity contribution in [3.8, 4) is 0 Å². The highest BCUT2D eigenvalue weighted by molar-refractivity contribution is 5.91. The Hall–Kier alpha value is -3.26. The number of anilines is 1. The van der Waals surface area contributed by atoms with E-state index in [1.807, 2.05) is 49.3 Å². The molecule has 2 rings (SSSR count). The number of hydrogen-bond acceptors (Lipinski definition) is 3. The van der Waals surface area contributed by atoms with Crippen LogP contribution in [0.3, 0.4) is 0 Å². The van der Waals surface area contributed by atoms with Gasteiger partial charge in [-0.05, 0) is 48.4 Å². The van der Waals surface area contributed by atoms with Gasteiger partial charge in [0.05, 0.1) is 6.57 Å². The molecule has 1 aliphatic rings. The van der Waals surface area contributed by atoms with Crippen molar-refractivity contribution in [1.82, 2.24) is 0 Å². The fourth-order valence-electron chi connectivity index (χ4n) is 2.18. The number of carboxylic acid groups (broad SMARTS) is 1. The van der Waals surface area contributed by atoms with Crippen molar-refractivity contribution in [1.29, 1.82) is 0 Å². The Morgan fingerprint density at radius 1 is 1.21 bits per heavy atom. The zero-order chi connectivity index (χ0) is 17.7. The van der Waals surface area contributed by atoms with Gasteiger partial charge in [-0.15, -0.1) is 0 Å². The second kappa shape index (κ2) is 7.34. The summed E-state index contributed by atoms with van der Waals surface area (Å²) in [4.78, 5) is 16.2. The minimum Gasteiger partial charge on any atom is -0.486 e. The van der Waals surface area contributed by atoms with E-state index in [4.69, 9.17) is 16.4 Å². The maximum atomic E-state index is 11.1. The highest BCUT2D eigenvalue weighted by Crippen LogP contribution is 2.24. The quantitative estimate of drug-likeness (QED) is 0.676. The summed E-state index contributed by atoms with van der Waals surface area (Å²) in [6.07, 6.45) is 6.73. The van der Waals surface area contributed by atoms with Crippen molar-refractivity contribution in [3.05, 3.63) is 82.3 Å². The van der Waals surface area contributed by atoms with E-state index in [1.165, 1.54) is 0 Å². The number of ether oxygens (including phenoxy) is 1. The highest BCUT2D eigenvalue weighted by Gasteiger charge is 2.16. The van der Waals surface area contributed by atoms with E-state index in [2.05, 4.69) is 4.85 Å². The molecule has 1 aromatic rings. The monoisotopic (exact) mass is 322 g/mol. The summed E-state index contributed by atoms with van der Waals surface area (Å²) in [7, 11) is 3.96. The summed E-state index contributed by atoms with van der Waals surface area (Å²) in [6.45, 7) is 8.73. The number of carboxylic acids is 1. The molecule has 122 valence electrons. The molecule has 0 aliphatic carbocycles. The van der Waals surface area contributed by atoms with E-state index in [1.54, 1.807) is 25.2 Å². The Balaban J connectivity index is 2.27. The minimum atomic E-state index is -1.25. The Labute approximate surface area is 141 Å². The molecule has 5 heteroatoms. The van der Waals surface area contributed by atoms with Gasteiger partial charge in [-0.1, -0.05) is 18.2 Å². The number of nitrogens with zero attached hydrogens (tertiary/aromatic N) is 2. The summed E-state index contributed by atoms with van der Waals surface area (Å²) in [5, 5.41) is 9.08. The third kappa shape index (κ3) is 4.14. The molecule has 0 aromatic heterocycles. The van der Waals surface area contributed by atoms with Crippen LogP contribution in [0.2, 0.25) is 0 Å². The van der Waals surface area contributed by atoms with Crippen LogP contribution in [-0.2, 0) is 9.53 Å². The molecule has 0 unspecified atom stereocenters. The molecular formula is C19H18N2O3. The van der Waals surface area contributed by atoms with Gasteiger partial charge < -0.3 is 14.7 Å². The maximum absolute atomic E-state index is 11.1. The maximum Gasteiger partial charge on any atom is 0.334 e. The topological polar surface area (TPSA) is 54.1 Å². The van der Waals surface area contributed by atoms with Gasteiger partial charge in [-0.2, -0.15) is 0 Å². The number of hydrogen-bond donors (Lipinski definition) is 1. The van der Waals surface area contributed by atoms with Crippen LogP contribution in [0, 0.1) is 6.57 Å². The first kappa shape index (κ1) is 17.1. The summed E-state index contributed by atoms with van der Waals surface area (Å²) >= 11 is 0. The molecule has 1 heterocycles. The van der Waals surface area contributed by atoms with Gasteiger partial charge >= 0.3 is 5.97 Å². The molecule has 5 nitrogen and oxygen atoms in total. The fourth-order valence-corrected chi connectivity index (χ4v) is 2.18. The minimum absolute atomic E-state index is 0.320. The summed E-state index contributed by atoms with van der Waals surface area (Å²) in [6, 6.07) is 7.98. The van der Waals surface area contributed by atoms with Crippen LogP contribution in [0.5, 0.6) is 0 Å². The van der Waals surface area contributed by atoms with Crippen molar-refractivity contribution in [2.24, 2.45) is 0 Å². The lowest BCUT2D eigenvalue weighted by Gasteiger charge is -2.14. The number of benzene rings is 1. The Kier molecular flexibility index (Phi) is 5.23. The number of carbonyl (C=O) groups is 1. The lowest BCUT2D eigenvalue weighted by Crippen LogP contribution is -2.07. The van der Waals surface area contributed by atoms with E-state index in [0.29, 0.717) is 17.1 Å². The van der Waals surface area contributed by atoms with E-state index in [9.17, 15) is 4.79 Å². The first-order valence-corrected chi connectivity index (χ1v) is 7.29. The van der Waals surface area contributed by atoms with Gasteiger partial charge in [-0.25, -0.2) is 4.85 Å². The third-order valence-corrected chi connectivity index (χ3v) is 3.37. The zero-order valence-electron chi connectivity index (χ0n) is 13.8. The second-order valence-electron chi connectivity index (χ2n) is 5.44. The number of aliphatic carboxylic acids is 1. The predicted octanol–water partition coefficient (Wildman–Crippen LogP) is 3.84. The predicted molar refractivity (Wildman–Crippen MR) is 94.0 cm³/mol. The molecule has 0 amide bonds. The number of allylic oxidation sites excluding steroid dienone is 5. The molecule has 0 bridgehead atoms. The summed E-state index contributed by atoms with van der Waals surface area (Å²) in [5.41, 5.74) is 2.11. The Morgan fingerprint density at radius 2 is 1.88 bits per heavy atom. The third-order valence-electron chi connectivity index (χ3n) is 3.37. The fraction of sp³-hybridized carbons (Fsp3) is 0.158. The first-order chi connectivity index (χ1) is 11.4. The molecule has 0 saturated heterocycles. The van der Waals surface area contributed by atoms with Gasteiger partial charge in [0.2, 0.25) is 0 Å². The second-order valence-corrected chi connectivity index (χ2v) is 5.44. The molecule has 0 fully saturated rings. The average Bonchev–Trinajstić information content (AvgIpc) is 2.53. The van der Waals surface area contributed by atoms with Crippen LogP contribution in [0.25, 0.3) is 10.9 Å². The SMILES string of the molecule is [C-]#[N+]C(C(=O)O)=C1C=C(C)OC(C=Cc2ccc(N(C)C)cc2)=C1. The molecule has 0 saturated carbocycles. The van der Waals surface area contributed by atoms with E-state index < -0.39 is 5.97 Å². The largest absolute Gasteiger partial charge is 0.486 e. The van der Waals surface area contributed by atoms with E-state index in [0.717, 1.165) is 11.3 Å². The first-order valence-electron chi connectivity index (χ1n) is 7.29. The van der Waals surface area contributed by atoms with Crippen molar-refractivity contribution in [2.75, 3.05) is 19.0 Å². The molecule has 0 atom stereocenters. The lowest BCUT2D eigenvalue weighted by atomic mass is 10.1. The zero-order valence-corrected chi connectivity index (χ0v) is 13.8. The molecule has 24 heavy (non-hydrogen) atoms. The highest BCUT2D eigenvalue weighted by atomic mass is 16.5. The number of rotatable bonds is 4. The van der Waals surface area contributed by atoms with Gasteiger partial charge in [0, 0.05) is 19.8 Å². The molecule has 1 aliphatic heterocycles. The van der Waals surface area contributed by atoms with Crippen LogP contribution in [-0.4, -0.2) is 25.2 Å². The van der Waals surface area contributed by atoms with Crippen LogP contribution >= 0.6 is 0 Å². The Bertz CT molecular complexity index is 804. The van der Waals surface area contributed by atoms with Crippen molar-refractivity contribution in [3.63, 3.8) is 0 Å². The molecular weight excluding hydrogens is 304 g/mol. The molecule has 1 aromatic carbocycles. The molecule has 1 N–H and O–H groups in total. The smallest absolute Gasteiger partial charge is 0.334 e. The van der Waals surface area contributed by atoms with Crippen molar-refractivity contribution < 1.29 is 14.6 Å². The summed E-state index contributed by atoms with van der Waals surface area (Å²) in [5.74, 6) is -0.216. The Morgan fingerprint density at radius 3 is 2.42 bits per heavy atom. The van der Waals surface area contributed by atoms with Crippen LogP contribution < -0.4 is 4.90 Å². The molecule has 0 spiro atoms. The van der Waals surface area contributed by atoms with Crippen molar-refractivity contribution in [2.45, 2.75) is 6.92 Å². The van der Waals surface area contributed by atoms with Crippen LogP contribution in [0.1, 0.15) is 12.5 Å².